The predicted octanol–water partition coefficient (Wildman–Crippen LogP) is 0.578. The van der Waals surface area contributed by atoms with Crippen molar-refractivity contribution in [1.29, 1.82) is 0 Å². The van der Waals surface area contributed by atoms with Crippen LogP contribution in [0.15, 0.2) is 0 Å². The van der Waals surface area contributed by atoms with Crippen LogP contribution in [0.2, 0.25) is 0 Å². The zero-order valence-electron chi connectivity index (χ0n) is 9.53. The smallest absolute Gasteiger partial charge is 0.154 e. The summed E-state index contributed by atoms with van der Waals surface area (Å²) in [5, 5.41) is 2.87. The Bertz CT molecular complexity index is 270. The van der Waals surface area contributed by atoms with Crippen LogP contribution in [0.5, 0.6) is 0 Å². The first-order valence-electron chi connectivity index (χ1n) is 5.48. The third-order valence-corrected chi connectivity index (χ3v) is 5.37. The average Bonchev–Trinajstić information content (AvgIpc) is 2.70. The molecular formula is C10H21NO3S. The Morgan fingerprint density at radius 1 is 1.40 bits per heavy atom. The largest absolute Gasteiger partial charge is 0.383 e. The van der Waals surface area contributed by atoms with Crippen LogP contribution in [0, 0.1) is 0 Å². The molecule has 0 bridgehead atoms. The van der Waals surface area contributed by atoms with Gasteiger partial charge in [0.25, 0.3) is 0 Å². The maximum atomic E-state index is 12.0. The fourth-order valence-corrected chi connectivity index (χ4v) is 4.23. The van der Waals surface area contributed by atoms with E-state index in [4.69, 9.17) is 4.74 Å². The van der Waals surface area contributed by atoms with E-state index in [9.17, 15) is 8.42 Å². The summed E-state index contributed by atoms with van der Waals surface area (Å²) < 4.78 is 28.9. The lowest BCUT2D eigenvalue weighted by Gasteiger charge is -2.18. The minimum atomic E-state index is -2.94. The van der Waals surface area contributed by atoms with E-state index < -0.39 is 9.84 Å². The number of sulfone groups is 1. The van der Waals surface area contributed by atoms with E-state index in [0.29, 0.717) is 6.61 Å². The monoisotopic (exact) mass is 235 g/mol. The molecule has 1 saturated carbocycles. The van der Waals surface area contributed by atoms with Crippen molar-refractivity contribution in [2.24, 2.45) is 0 Å². The van der Waals surface area contributed by atoms with Crippen LogP contribution < -0.4 is 5.32 Å². The van der Waals surface area contributed by atoms with E-state index >= 15 is 0 Å². The Kier molecular flexibility index (Phi) is 5.02. The van der Waals surface area contributed by atoms with Crippen molar-refractivity contribution < 1.29 is 13.2 Å². The summed E-state index contributed by atoms with van der Waals surface area (Å²) in [6.45, 7) is 0.447. The molecule has 0 aromatic carbocycles. The van der Waals surface area contributed by atoms with Crippen LogP contribution in [0.1, 0.15) is 25.7 Å². The molecule has 15 heavy (non-hydrogen) atoms. The summed E-state index contributed by atoms with van der Waals surface area (Å²) in [7, 11) is 0.425. The Morgan fingerprint density at radius 3 is 2.47 bits per heavy atom. The third kappa shape index (κ3) is 3.74. The second-order valence-electron chi connectivity index (χ2n) is 4.18. The van der Waals surface area contributed by atoms with Crippen molar-refractivity contribution in [2.75, 3.05) is 26.5 Å². The molecule has 0 radical (unpaired) electrons. The fraction of sp³-hybridized carbons (Fsp3) is 1.00. The fourth-order valence-electron chi connectivity index (χ4n) is 2.08. The van der Waals surface area contributed by atoms with Crippen LogP contribution >= 0.6 is 0 Å². The summed E-state index contributed by atoms with van der Waals surface area (Å²) in [5.74, 6) is 0.196. The second kappa shape index (κ2) is 5.82. The van der Waals surface area contributed by atoms with E-state index in [1.807, 2.05) is 0 Å². The number of methoxy groups -OCH3 is 1. The van der Waals surface area contributed by atoms with E-state index in [1.165, 1.54) is 0 Å². The Morgan fingerprint density at radius 2 is 2.00 bits per heavy atom. The second-order valence-corrected chi connectivity index (χ2v) is 6.50. The van der Waals surface area contributed by atoms with Gasteiger partial charge in [-0.15, -0.1) is 0 Å². The van der Waals surface area contributed by atoms with E-state index in [-0.39, 0.29) is 17.0 Å². The van der Waals surface area contributed by atoms with Crippen molar-refractivity contribution >= 4 is 9.84 Å². The van der Waals surface area contributed by atoms with Crippen LogP contribution in [-0.2, 0) is 14.6 Å². The highest BCUT2D eigenvalue weighted by atomic mass is 32.2. The lowest BCUT2D eigenvalue weighted by atomic mass is 10.4. The van der Waals surface area contributed by atoms with Crippen LogP contribution in [0.4, 0.5) is 0 Å². The minimum absolute atomic E-state index is 0.0828. The van der Waals surface area contributed by atoms with Crippen LogP contribution in [0.25, 0.3) is 0 Å². The van der Waals surface area contributed by atoms with Gasteiger partial charge in [0.15, 0.2) is 9.84 Å². The van der Waals surface area contributed by atoms with Gasteiger partial charge in [-0.25, -0.2) is 8.42 Å². The normalized spacial score (nSPS) is 20.7. The Hall–Kier alpha value is -0.130. The SMILES string of the molecule is CNC(COC)CS(=O)(=O)C1CCCC1. The molecule has 0 saturated heterocycles. The maximum absolute atomic E-state index is 12.0. The molecule has 0 heterocycles. The molecule has 1 unspecified atom stereocenters. The van der Waals surface area contributed by atoms with Gasteiger partial charge in [0.1, 0.15) is 0 Å². The van der Waals surface area contributed by atoms with Crippen molar-refractivity contribution in [1.82, 2.24) is 5.32 Å². The van der Waals surface area contributed by atoms with Crippen molar-refractivity contribution in [3.63, 3.8) is 0 Å². The van der Waals surface area contributed by atoms with Crippen LogP contribution in [-0.4, -0.2) is 46.2 Å². The zero-order valence-corrected chi connectivity index (χ0v) is 10.3. The lowest BCUT2D eigenvalue weighted by molar-refractivity contribution is 0.176. The molecule has 1 rings (SSSR count). The highest BCUT2D eigenvalue weighted by molar-refractivity contribution is 7.92. The topological polar surface area (TPSA) is 55.4 Å². The summed E-state index contributed by atoms with van der Waals surface area (Å²) in [6.07, 6.45) is 3.79. The number of hydrogen-bond acceptors (Lipinski definition) is 4. The molecule has 1 atom stereocenters. The molecule has 1 aliphatic carbocycles. The number of likely N-dealkylation sites (N-methyl/N-ethyl adjacent to an activating group) is 1. The number of hydrogen-bond donors (Lipinski definition) is 1. The van der Waals surface area contributed by atoms with Crippen molar-refractivity contribution in [3.05, 3.63) is 0 Å². The molecule has 0 amide bonds. The maximum Gasteiger partial charge on any atom is 0.154 e. The predicted molar refractivity (Wildman–Crippen MR) is 60.8 cm³/mol. The highest BCUT2D eigenvalue weighted by Crippen LogP contribution is 2.25. The van der Waals surface area contributed by atoms with E-state index in [2.05, 4.69) is 5.32 Å². The average molecular weight is 235 g/mol. The van der Waals surface area contributed by atoms with Crippen LogP contribution in [0.3, 0.4) is 0 Å². The van der Waals surface area contributed by atoms with Crippen molar-refractivity contribution in [2.45, 2.75) is 37.0 Å². The summed E-state index contributed by atoms with van der Waals surface area (Å²) in [6, 6.07) is -0.0828. The van der Waals surface area contributed by atoms with Gasteiger partial charge in [-0.3, -0.25) is 0 Å². The molecule has 1 aliphatic rings. The number of nitrogens with one attached hydrogen (secondary N) is 1. The molecule has 0 aliphatic heterocycles. The standard InChI is InChI=1S/C10H21NO3S/c1-11-9(7-14-2)8-15(12,13)10-5-3-4-6-10/h9-11H,3-8H2,1-2H3. The Labute approximate surface area is 92.3 Å². The summed E-state index contributed by atoms with van der Waals surface area (Å²) in [5.41, 5.74) is 0. The van der Waals surface area contributed by atoms with E-state index in [0.717, 1.165) is 25.7 Å². The number of ether oxygens (including phenoxy) is 1. The van der Waals surface area contributed by atoms with E-state index in [1.54, 1.807) is 14.2 Å². The minimum Gasteiger partial charge on any atom is -0.383 e. The quantitative estimate of drug-likeness (QED) is 0.731. The third-order valence-electron chi connectivity index (χ3n) is 3.02. The molecule has 0 spiro atoms. The van der Waals surface area contributed by atoms with Gasteiger partial charge in [-0.05, 0) is 19.9 Å². The first-order chi connectivity index (χ1) is 7.10. The van der Waals surface area contributed by atoms with Gasteiger partial charge in [0.05, 0.1) is 17.6 Å². The summed E-state index contributed by atoms with van der Waals surface area (Å²) in [4.78, 5) is 0. The molecule has 4 nitrogen and oxygen atoms in total. The molecule has 5 heteroatoms. The molecule has 0 aromatic heterocycles. The van der Waals surface area contributed by atoms with Gasteiger partial charge in [0.2, 0.25) is 0 Å². The highest BCUT2D eigenvalue weighted by Gasteiger charge is 2.30. The van der Waals surface area contributed by atoms with Gasteiger partial charge in [-0.2, -0.15) is 0 Å². The molecular weight excluding hydrogens is 214 g/mol. The molecule has 0 aromatic rings. The van der Waals surface area contributed by atoms with Gasteiger partial charge >= 0.3 is 0 Å². The first-order valence-corrected chi connectivity index (χ1v) is 7.19. The molecule has 90 valence electrons. The van der Waals surface area contributed by atoms with Gasteiger partial charge < -0.3 is 10.1 Å². The van der Waals surface area contributed by atoms with Gasteiger partial charge in [-0.1, -0.05) is 12.8 Å². The lowest BCUT2D eigenvalue weighted by Crippen LogP contribution is -2.39. The van der Waals surface area contributed by atoms with Gasteiger partial charge in [0, 0.05) is 13.2 Å². The molecule has 1 N–H and O–H groups in total. The molecule has 1 fully saturated rings. The number of rotatable bonds is 6. The first kappa shape index (κ1) is 12.9. The Balaban J connectivity index is 2.53. The zero-order chi connectivity index (χ0) is 11.3. The summed E-state index contributed by atoms with van der Waals surface area (Å²) >= 11 is 0. The van der Waals surface area contributed by atoms with Crippen molar-refractivity contribution in [3.8, 4) is 0 Å².